The van der Waals surface area contributed by atoms with E-state index in [-0.39, 0.29) is 0 Å². The molecule has 0 amide bonds. The summed E-state index contributed by atoms with van der Waals surface area (Å²) >= 11 is 0. The highest BCUT2D eigenvalue weighted by Crippen LogP contribution is 2.11. The first kappa shape index (κ1) is 15.9. The zero-order valence-electron chi connectivity index (χ0n) is 9.72. The van der Waals surface area contributed by atoms with Crippen molar-refractivity contribution >= 4 is 26.2 Å². The Hall–Kier alpha value is -1.20. The van der Waals surface area contributed by atoms with Crippen molar-refractivity contribution in [3.05, 3.63) is 29.8 Å². The monoisotopic (exact) mass is 311 g/mol. The van der Waals surface area contributed by atoms with Crippen molar-refractivity contribution in [1.29, 1.82) is 0 Å². The summed E-state index contributed by atoms with van der Waals surface area (Å²) in [6.45, 7) is -1.13. The summed E-state index contributed by atoms with van der Waals surface area (Å²) in [4.78, 5) is 0. The average Bonchev–Trinajstić information content (AvgIpc) is 2.22. The number of benzene rings is 1. The van der Waals surface area contributed by atoms with Crippen molar-refractivity contribution in [3.8, 4) is 0 Å². The summed E-state index contributed by atoms with van der Waals surface area (Å²) in [6.07, 6.45) is 0. The number of hydrogen-bond acceptors (Lipinski definition) is 7. The van der Waals surface area contributed by atoms with Crippen LogP contribution in [-0.2, 0) is 34.6 Å². The van der Waals surface area contributed by atoms with Crippen LogP contribution in [-0.4, -0.2) is 34.6 Å². The maximum atomic E-state index is 11.5. The Kier molecular flexibility index (Phi) is 5.26. The van der Waals surface area contributed by atoms with Gasteiger partial charge >= 0.3 is 10.4 Å². The van der Waals surface area contributed by atoms with Crippen LogP contribution in [0.25, 0.3) is 0 Å². The van der Waals surface area contributed by atoms with Gasteiger partial charge in [-0.05, 0) is 17.7 Å². The van der Waals surface area contributed by atoms with E-state index in [4.69, 9.17) is 10.3 Å². The molecule has 0 fully saturated rings. The predicted molar refractivity (Wildman–Crippen MR) is 66.9 cm³/mol. The molecule has 8 nitrogen and oxygen atoms in total. The maximum absolute atomic E-state index is 11.5. The van der Waals surface area contributed by atoms with Crippen LogP contribution in [0.2, 0.25) is 0 Å². The van der Waals surface area contributed by atoms with Crippen molar-refractivity contribution in [2.75, 3.05) is 18.9 Å². The van der Waals surface area contributed by atoms with Crippen LogP contribution in [0.1, 0.15) is 5.56 Å². The molecule has 0 aromatic heterocycles. The van der Waals surface area contributed by atoms with Crippen LogP contribution in [0.4, 0.5) is 5.69 Å². The fraction of sp³-hybridized carbons (Fsp3) is 0.333. The molecule has 0 aliphatic heterocycles. The lowest BCUT2D eigenvalue weighted by atomic mass is 10.2. The van der Waals surface area contributed by atoms with Crippen LogP contribution < -0.4 is 5.73 Å². The lowest BCUT2D eigenvalue weighted by Gasteiger charge is -2.06. The quantitative estimate of drug-likeness (QED) is 0.309. The number of rotatable bonds is 7. The molecule has 0 radical (unpaired) electrons. The van der Waals surface area contributed by atoms with Gasteiger partial charge in [0.2, 0.25) is 0 Å². The summed E-state index contributed by atoms with van der Waals surface area (Å²) in [5.41, 5.74) is 6.36. The number of nitrogens with two attached hydrogens (primary N) is 1. The summed E-state index contributed by atoms with van der Waals surface area (Å²) in [6, 6.07) is 6.25. The van der Waals surface area contributed by atoms with Crippen LogP contribution in [0.5, 0.6) is 0 Å². The average molecular weight is 311 g/mol. The first-order valence-corrected chi connectivity index (χ1v) is 7.95. The summed E-state index contributed by atoms with van der Waals surface area (Å²) in [5, 5.41) is 0. The molecule has 0 aliphatic rings. The Morgan fingerprint density at radius 3 is 2.32 bits per heavy atom. The summed E-state index contributed by atoms with van der Waals surface area (Å²) < 4.78 is 60.1. The van der Waals surface area contributed by atoms with Crippen molar-refractivity contribution in [2.45, 2.75) is 5.75 Å². The molecule has 3 N–H and O–H groups in total. The van der Waals surface area contributed by atoms with E-state index >= 15 is 0 Å². The van der Waals surface area contributed by atoms with E-state index in [9.17, 15) is 16.8 Å². The highest BCUT2D eigenvalue weighted by atomic mass is 32.3. The van der Waals surface area contributed by atoms with Gasteiger partial charge < -0.3 is 5.73 Å². The minimum Gasteiger partial charge on any atom is -0.399 e. The van der Waals surface area contributed by atoms with Crippen LogP contribution >= 0.6 is 0 Å². The molecule has 0 saturated heterocycles. The van der Waals surface area contributed by atoms with Gasteiger partial charge in [0.05, 0.1) is 13.2 Å². The SMILES string of the molecule is Nc1cccc(CS(=O)(=O)OCCOS(=O)(=O)O)c1. The molecule has 0 heterocycles. The van der Waals surface area contributed by atoms with Gasteiger partial charge in [-0.25, -0.2) is 4.18 Å². The van der Waals surface area contributed by atoms with E-state index in [0.717, 1.165) is 0 Å². The van der Waals surface area contributed by atoms with Gasteiger partial charge in [0.1, 0.15) is 5.75 Å². The van der Waals surface area contributed by atoms with Crippen molar-refractivity contribution in [1.82, 2.24) is 0 Å². The Morgan fingerprint density at radius 2 is 1.74 bits per heavy atom. The minimum atomic E-state index is -4.60. The fourth-order valence-corrected chi connectivity index (χ4v) is 2.50. The van der Waals surface area contributed by atoms with Crippen molar-refractivity contribution in [3.63, 3.8) is 0 Å². The zero-order chi connectivity index (χ0) is 14.5. The lowest BCUT2D eigenvalue weighted by molar-refractivity contribution is 0.204. The molecule has 0 unspecified atom stereocenters. The molecular weight excluding hydrogens is 298 g/mol. The molecule has 19 heavy (non-hydrogen) atoms. The Morgan fingerprint density at radius 1 is 1.11 bits per heavy atom. The molecule has 1 rings (SSSR count). The van der Waals surface area contributed by atoms with Crippen molar-refractivity contribution < 1.29 is 29.8 Å². The van der Waals surface area contributed by atoms with Crippen LogP contribution in [0.3, 0.4) is 0 Å². The first-order valence-electron chi connectivity index (χ1n) is 5.01. The van der Waals surface area contributed by atoms with Gasteiger partial charge in [0.25, 0.3) is 10.1 Å². The Bertz CT molecular complexity index is 624. The smallest absolute Gasteiger partial charge is 0.397 e. The van der Waals surface area contributed by atoms with Crippen LogP contribution in [0, 0.1) is 0 Å². The summed E-state index contributed by atoms with van der Waals surface area (Å²) in [5.74, 6) is -0.399. The molecule has 10 heteroatoms. The number of anilines is 1. The van der Waals surface area contributed by atoms with E-state index < -0.39 is 39.5 Å². The van der Waals surface area contributed by atoms with Gasteiger partial charge in [-0.2, -0.15) is 16.8 Å². The van der Waals surface area contributed by atoms with E-state index in [1.807, 2.05) is 0 Å². The second kappa shape index (κ2) is 6.30. The molecule has 0 spiro atoms. The van der Waals surface area contributed by atoms with Gasteiger partial charge in [-0.1, -0.05) is 12.1 Å². The zero-order valence-corrected chi connectivity index (χ0v) is 11.4. The van der Waals surface area contributed by atoms with Gasteiger partial charge in [0, 0.05) is 5.69 Å². The molecule has 0 atom stereocenters. The standard InChI is InChI=1S/C9H13NO7S2/c10-9-3-1-2-8(6-9)7-18(11,12)16-4-5-17-19(13,14)15/h1-3,6H,4-5,7,10H2,(H,13,14,15). The van der Waals surface area contributed by atoms with E-state index in [2.05, 4.69) is 8.37 Å². The Balaban J connectivity index is 2.49. The molecule has 1 aromatic rings. The normalized spacial score (nSPS) is 12.5. The van der Waals surface area contributed by atoms with E-state index in [1.54, 1.807) is 18.2 Å². The summed E-state index contributed by atoms with van der Waals surface area (Å²) in [7, 11) is -8.48. The third-order valence-corrected chi connectivity index (χ3v) is 3.55. The van der Waals surface area contributed by atoms with Crippen LogP contribution in [0.15, 0.2) is 24.3 Å². The molecule has 0 bridgehead atoms. The molecule has 1 aromatic carbocycles. The number of nitrogen functional groups attached to an aromatic ring is 1. The van der Waals surface area contributed by atoms with E-state index in [1.165, 1.54) is 6.07 Å². The number of hydrogen-bond donors (Lipinski definition) is 2. The third kappa shape index (κ3) is 7.08. The molecule has 0 aliphatic carbocycles. The highest BCUT2D eigenvalue weighted by molar-refractivity contribution is 7.85. The lowest BCUT2D eigenvalue weighted by Crippen LogP contribution is -2.15. The van der Waals surface area contributed by atoms with Gasteiger partial charge in [0.15, 0.2) is 0 Å². The maximum Gasteiger partial charge on any atom is 0.397 e. The minimum absolute atomic E-state index is 0.399. The van der Waals surface area contributed by atoms with Gasteiger partial charge in [-0.15, -0.1) is 0 Å². The molecule has 108 valence electrons. The Labute approximate surface area is 111 Å². The molecular formula is C9H13NO7S2. The second-order valence-corrected chi connectivity index (χ2v) is 6.25. The van der Waals surface area contributed by atoms with Gasteiger partial charge in [-0.3, -0.25) is 8.74 Å². The second-order valence-electron chi connectivity index (χ2n) is 3.52. The first-order chi connectivity index (χ1) is 8.68. The largest absolute Gasteiger partial charge is 0.399 e. The topological polar surface area (TPSA) is 133 Å². The van der Waals surface area contributed by atoms with E-state index in [0.29, 0.717) is 11.3 Å². The third-order valence-electron chi connectivity index (χ3n) is 1.87. The predicted octanol–water partition coefficient (Wildman–Crippen LogP) is -0.0654. The fourth-order valence-electron chi connectivity index (χ4n) is 1.23. The highest BCUT2D eigenvalue weighted by Gasteiger charge is 2.13. The van der Waals surface area contributed by atoms with Crippen molar-refractivity contribution in [2.24, 2.45) is 0 Å². The molecule has 0 saturated carbocycles.